The van der Waals surface area contributed by atoms with E-state index in [4.69, 9.17) is 0 Å². The van der Waals surface area contributed by atoms with Gasteiger partial charge in [0.1, 0.15) is 11.3 Å². The van der Waals surface area contributed by atoms with Crippen molar-refractivity contribution >= 4 is 11.9 Å². The van der Waals surface area contributed by atoms with E-state index in [9.17, 15) is 19.8 Å². The van der Waals surface area contributed by atoms with Crippen LogP contribution < -0.4 is 5.32 Å². The Morgan fingerprint density at radius 3 is 2.35 bits per heavy atom. The lowest BCUT2D eigenvalue weighted by Crippen LogP contribution is -2.55. The summed E-state index contributed by atoms with van der Waals surface area (Å²) in [4.78, 5) is 24.2. The highest BCUT2D eigenvalue weighted by Crippen LogP contribution is 2.21. The van der Waals surface area contributed by atoms with E-state index in [0.29, 0.717) is 11.1 Å². The Balaban J connectivity index is 2.28. The first-order valence-corrected chi connectivity index (χ1v) is 7.36. The average Bonchev–Trinajstić information content (AvgIpc) is 2.54. The number of rotatable bonds is 6. The zero-order chi connectivity index (χ0) is 16.9. The Labute approximate surface area is 134 Å². The number of carbonyl (C=O) groups excluding carboxylic acids is 1. The molecule has 0 fully saturated rings. The molecule has 3 N–H and O–H groups in total. The number of carboxylic acid groups (broad SMARTS) is 1. The minimum Gasteiger partial charge on any atom is -0.508 e. The molecule has 0 saturated carbocycles. The number of nitrogens with one attached hydrogen (secondary N) is 1. The fourth-order valence-electron chi connectivity index (χ4n) is 2.43. The molecule has 2 rings (SSSR count). The topological polar surface area (TPSA) is 86.6 Å². The Kier molecular flexibility index (Phi) is 5.01. The second-order valence-corrected chi connectivity index (χ2v) is 5.41. The Morgan fingerprint density at radius 1 is 1.09 bits per heavy atom. The predicted molar refractivity (Wildman–Crippen MR) is 86.4 cm³/mol. The molecule has 0 spiro atoms. The lowest BCUT2D eigenvalue weighted by molar-refractivity contribution is -0.144. The number of hydrogen-bond donors (Lipinski definition) is 3. The molecule has 23 heavy (non-hydrogen) atoms. The van der Waals surface area contributed by atoms with E-state index >= 15 is 0 Å². The number of benzene rings is 2. The highest BCUT2D eigenvalue weighted by molar-refractivity contribution is 5.97. The molecule has 120 valence electrons. The van der Waals surface area contributed by atoms with Crippen molar-refractivity contribution in [2.24, 2.45) is 0 Å². The van der Waals surface area contributed by atoms with Crippen molar-refractivity contribution in [3.05, 3.63) is 65.7 Å². The molecule has 0 aliphatic rings. The highest BCUT2D eigenvalue weighted by atomic mass is 16.4. The van der Waals surface area contributed by atoms with Crippen LogP contribution in [-0.4, -0.2) is 27.6 Å². The van der Waals surface area contributed by atoms with Gasteiger partial charge in [-0.25, -0.2) is 4.79 Å². The van der Waals surface area contributed by atoms with Crippen molar-refractivity contribution in [1.29, 1.82) is 0 Å². The van der Waals surface area contributed by atoms with Crippen LogP contribution in [0.5, 0.6) is 5.75 Å². The molecule has 2 aromatic rings. The Morgan fingerprint density at radius 2 is 1.78 bits per heavy atom. The van der Waals surface area contributed by atoms with E-state index in [0.717, 1.165) is 0 Å². The fraction of sp³-hybridized carbons (Fsp3) is 0.222. The summed E-state index contributed by atoms with van der Waals surface area (Å²) in [7, 11) is 0. The average molecular weight is 313 g/mol. The first kappa shape index (κ1) is 16.5. The first-order chi connectivity index (χ1) is 11.0. The molecule has 1 unspecified atom stereocenters. The van der Waals surface area contributed by atoms with Gasteiger partial charge in [-0.2, -0.15) is 0 Å². The van der Waals surface area contributed by atoms with E-state index in [-0.39, 0.29) is 18.6 Å². The number of hydrogen-bond acceptors (Lipinski definition) is 3. The molecular weight excluding hydrogens is 294 g/mol. The summed E-state index contributed by atoms with van der Waals surface area (Å²) in [6.07, 6.45) is 0.308. The standard InChI is InChI=1S/C18H19NO4/c1-2-18(17(22)23,12-13-7-6-10-15(20)11-13)19-16(21)14-8-4-3-5-9-14/h3-11,20H,2,12H2,1H3,(H,19,21)(H,22,23). The molecule has 2 aromatic carbocycles. The second kappa shape index (κ2) is 6.96. The van der Waals surface area contributed by atoms with Gasteiger partial charge in [-0.05, 0) is 36.2 Å². The van der Waals surface area contributed by atoms with Crippen molar-refractivity contribution in [3.8, 4) is 5.75 Å². The summed E-state index contributed by atoms with van der Waals surface area (Å²) in [6, 6.07) is 14.9. The smallest absolute Gasteiger partial charge is 0.329 e. The maximum atomic E-state index is 12.4. The van der Waals surface area contributed by atoms with Crippen LogP contribution in [0, 0.1) is 0 Å². The number of carboxylic acids is 1. The van der Waals surface area contributed by atoms with Gasteiger partial charge in [0.05, 0.1) is 0 Å². The molecule has 0 radical (unpaired) electrons. The normalized spacial score (nSPS) is 13.1. The quantitative estimate of drug-likeness (QED) is 0.765. The zero-order valence-electron chi connectivity index (χ0n) is 12.8. The number of aromatic hydroxyl groups is 1. The van der Waals surface area contributed by atoms with Gasteiger partial charge in [0.25, 0.3) is 5.91 Å². The van der Waals surface area contributed by atoms with Crippen molar-refractivity contribution in [3.63, 3.8) is 0 Å². The Hall–Kier alpha value is -2.82. The van der Waals surface area contributed by atoms with Crippen molar-refractivity contribution < 1.29 is 19.8 Å². The number of phenolic OH excluding ortho intramolecular Hbond substituents is 1. The monoisotopic (exact) mass is 313 g/mol. The van der Waals surface area contributed by atoms with Gasteiger partial charge >= 0.3 is 5.97 Å². The zero-order valence-corrected chi connectivity index (χ0v) is 12.8. The van der Waals surface area contributed by atoms with E-state index < -0.39 is 17.4 Å². The lowest BCUT2D eigenvalue weighted by atomic mass is 9.87. The van der Waals surface area contributed by atoms with Crippen molar-refractivity contribution in [2.45, 2.75) is 25.3 Å². The summed E-state index contributed by atoms with van der Waals surface area (Å²) in [5.41, 5.74) is -0.383. The summed E-state index contributed by atoms with van der Waals surface area (Å²) in [5, 5.41) is 21.9. The SMILES string of the molecule is CCC(Cc1cccc(O)c1)(NC(=O)c1ccccc1)C(=O)O. The summed E-state index contributed by atoms with van der Waals surface area (Å²) in [5.74, 6) is -1.48. The van der Waals surface area contributed by atoms with E-state index in [2.05, 4.69) is 5.32 Å². The molecular formula is C18H19NO4. The van der Waals surface area contributed by atoms with Gasteiger partial charge in [-0.3, -0.25) is 4.79 Å². The molecule has 0 aromatic heterocycles. The number of phenols is 1. The largest absolute Gasteiger partial charge is 0.508 e. The van der Waals surface area contributed by atoms with Crippen molar-refractivity contribution in [2.75, 3.05) is 0 Å². The van der Waals surface area contributed by atoms with Crippen LogP contribution in [0.3, 0.4) is 0 Å². The van der Waals surface area contributed by atoms with Crippen LogP contribution in [0.15, 0.2) is 54.6 Å². The fourth-order valence-corrected chi connectivity index (χ4v) is 2.43. The summed E-state index contributed by atoms with van der Waals surface area (Å²) < 4.78 is 0. The van der Waals surface area contributed by atoms with Crippen LogP contribution in [-0.2, 0) is 11.2 Å². The number of amides is 1. The van der Waals surface area contributed by atoms with Gasteiger partial charge in [0.15, 0.2) is 0 Å². The summed E-state index contributed by atoms with van der Waals surface area (Å²) in [6.45, 7) is 1.71. The van der Waals surface area contributed by atoms with Crippen LogP contribution >= 0.6 is 0 Å². The molecule has 0 aliphatic carbocycles. The minimum absolute atomic E-state index is 0.0623. The van der Waals surface area contributed by atoms with Gasteiger partial charge in [-0.1, -0.05) is 37.3 Å². The van der Waals surface area contributed by atoms with Crippen LogP contribution in [0.2, 0.25) is 0 Å². The minimum atomic E-state index is -1.43. The second-order valence-electron chi connectivity index (χ2n) is 5.41. The molecule has 0 aliphatic heterocycles. The van der Waals surface area contributed by atoms with Crippen LogP contribution in [0.25, 0.3) is 0 Å². The van der Waals surface area contributed by atoms with Crippen molar-refractivity contribution in [1.82, 2.24) is 5.32 Å². The van der Waals surface area contributed by atoms with Crippen LogP contribution in [0.1, 0.15) is 29.3 Å². The third-order valence-electron chi connectivity index (χ3n) is 3.82. The number of carbonyl (C=O) groups is 2. The molecule has 1 amide bonds. The van der Waals surface area contributed by atoms with E-state index in [1.165, 1.54) is 12.1 Å². The molecule has 5 nitrogen and oxygen atoms in total. The molecule has 0 saturated heterocycles. The predicted octanol–water partition coefficient (Wildman–Crippen LogP) is 2.60. The first-order valence-electron chi connectivity index (χ1n) is 7.36. The third-order valence-corrected chi connectivity index (χ3v) is 3.82. The third kappa shape index (κ3) is 3.88. The van der Waals surface area contributed by atoms with Gasteiger partial charge < -0.3 is 15.5 Å². The van der Waals surface area contributed by atoms with Gasteiger partial charge in [-0.15, -0.1) is 0 Å². The summed E-state index contributed by atoms with van der Waals surface area (Å²) >= 11 is 0. The molecule has 0 bridgehead atoms. The molecule has 5 heteroatoms. The molecule has 1 atom stereocenters. The van der Waals surface area contributed by atoms with Crippen LogP contribution in [0.4, 0.5) is 0 Å². The maximum Gasteiger partial charge on any atom is 0.329 e. The van der Waals surface area contributed by atoms with Gasteiger partial charge in [0, 0.05) is 12.0 Å². The van der Waals surface area contributed by atoms with Gasteiger partial charge in [0.2, 0.25) is 0 Å². The maximum absolute atomic E-state index is 12.4. The number of aliphatic carboxylic acids is 1. The van der Waals surface area contributed by atoms with E-state index in [1.54, 1.807) is 49.4 Å². The molecule has 0 heterocycles. The Bertz CT molecular complexity index is 699. The lowest BCUT2D eigenvalue weighted by Gasteiger charge is -2.29. The highest BCUT2D eigenvalue weighted by Gasteiger charge is 2.38. The van der Waals surface area contributed by atoms with E-state index in [1.807, 2.05) is 0 Å².